The molecule has 7 nitrogen and oxygen atoms in total. The second-order valence-electron chi connectivity index (χ2n) is 7.38. The fourth-order valence-corrected chi connectivity index (χ4v) is 2.86. The SMILES string of the molecule is C[C@H](NC(=O)OC(C)(C)C)C(=O)N1CCNC(=O)CC1c1ccccc1. The number of benzene rings is 1. The molecule has 0 bridgehead atoms. The molecule has 2 N–H and O–H groups in total. The van der Waals surface area contributed by atoms with Gasteiger partial charge in [0.25, 0.3) is 0 Å². The molecule has 2 rings (SSSR count). The maximum Gasteiger partial charge on any atom is 0.408 e. The second-order valence-corrected chi connectivity index (χ2v) is 7.38. The highest BCUT2D eigenvalue weighted by molar-refractivity contribution is 5.87. The minimum atomic E-state index is -0.760. The summed E-state index contributed by atoms with van der Waals surface area (Å²) in [5.74, 6) is -0.344. The highest BCUT2D eigenvalue weighted by atomic mass is 16.6. The van der Waals surface area contributed by atoms with Gasteiger partial charge in [-0.3, -0.25) is 9.59 Å². The molecule has 0 spiro atoms. The van der Waals surface area contributed by atoms with E-state index in [4.69, 9.17) is 4.74 Å². The van der Waals surface area contributed by atoms with Crippen LogP contribution in [0, 0.1) is 0 Å². The Morgan fingerprint density at radius 3 is 2.54 bits per heavy atom. The summed E-state index contributed by atoms with van der Waals surface area (Å²) < 4.78 is 5.21. The van der Waals surface area contributed by atoms with Crippen LogP contribution in [0.2, 0.25) is 0 Å². The van der Waals surface area contributed by atoms with Gasteiger partial charge in [-0.2, -0.15) is 0 Å². The molecule has 0 saturated carbocycles. The Hall–Kier alpha value is -2.57. The van der Waals surface area contributed by atoms with E-state index in [-0.39, 0.29) is 24.3 Å². The van der Waals surface area contributed by atoms with Crippen LogP contribution in [0.3, 0.4) is 0 Å². The number of ether oxygens (including phenoxy) is 1. The molecular formula is C19H27N3O4. The van der Waals surface area contributed by atoms with Gasteiger partial charge in [0, 0.05) is 13.1 Å². The molecule has 142 valence electrons. The summed E-state index contributed by atoms with van der Waals surface area (Å²) in [5, 5.41) is 5.37. The van der Waals surface area contributed by atoms with Gasteiger partial charge in [-0.05, 0) is 33.3 Å². The van der Waals surface area contributed by atoms with Gasteiger partial charge in [-0.25, -0.2) is 4.79 Å². The summed E-state index contributed by atoms with van der Waals surface area (Å²) in [4.78, 5) is 38.6. The Kier molecular flexibility index (Phi) is 6.23. The predicted octanol–water partition coefficient (Wildman–Crippen LogP) is 1.99. The van der Waals surface area contributed by atoms with Crippen LogP contribution in [-0.2, 0) is 14.3 Å². The zero-order chi connectivity index (χ0) is 19.3. The van der Waals surface area contributed by atoms with Gasteiger partial charge in [0.15, 0.2) is 0 Å². The van der Waals surface area contributed by atoms with Gasteiger partial charge in [0.2, 0.25) is 11.8 Å². The van der Waals surface area contributed by atoms with Crippen molar-refractivity contribution in [2.24, 2.45) is 0 Å². The molecule has 1 saturated heterocycles. The smallest absolute Gasteiger partial charge is 0.408 e. The fourth-order valence-electron chi connectivity index (χ4n) is 2.86. The predicted molar refractivity (Wildman–Crippen MR) is 97.4 cm³/mol. The van der Waals surface area contributed by atoms with Crippen LogP contribution in [0.25, 0.3) is 0 Å². The van der Waals surface area contributed by atoms with Crippen LogP contribution in [0.15, 0.2) is 30.3 Å². The number of rotatable bonds is 3. The Morgan fingerprint density at radius 2 is 1.92 bits per heavy atom. The maximum absolute atomic E-state index is 13.0. The van der Waals surface area contributed by atoms with Gasteiger partial charge in [0.05, 0.1) is 12.5 Å². The lowest BCUT2D eigenvalue weighted by atomic mass is 10.0. The maximum atomic E-state index is 13.0. The van der Waals surface area contributed by atoms with E-state index in [1.54, 1.807) is 32.6 Å². The first kappa shape index (κ1) is 19.8. The highest BCUT2D eigenvalue weighted by Gasteiger charge is 2.33. The number of carbonyl (C=O) groups excluding carboxylic acids is 3. The first-order valence-corrected chi connectivity index (χ1v) is 8.79. The number of alkyl carbamates (subject to hydrolysis) is 1. The average Bonchev–Trinajstić information content (AvgIpc) is 2.74. The first-order valence-electron chi connectivity index (χ1n) is 8.79. The Balaban J connectivity index is 2.15. The highest BCUT2D eigenvalue weighted by Crippen LogP contribution is 2.26. The van der Waals surface area contributed by atoms with Crippen molar-refractivity contribution in [2.75, 3.05) is 13.1 Å². The number of nitrogens with zero attached hydrogens (tertiary/aromatic N) is 1. The van der Waals surface area contributed by atoms with E-state index in [1.807, 2.05) is 30.3 Å². The lowest BCUT2D eigenvalue weighted by molar-refractivity contribution is -0.135. The Bertz CT molecular complexity index is 654. The summed E-state index contributed by atoms with van der Waals surface area (Å²) >= 11 is 0. The molecule has 2 atom stereocenters. The van der Waals surface area contributed by atoms with Crippen LogP contribution in [0.1, 0.15) is 45.7 Å². The molecule has 0 aromatic heterocycles. The summed E-state index contributed by atoms with van der Waals surface area (Å²) in [7, 11) is 0. The number of amides is 3. The number of nitrogens with one attached hydrogen (secondary N) is 2. The molecule has 1 aromatic carbocycles. The van der Waals surface area contributed by atoms with Gasteiger partial charge in [0.1, 0.15) is 11.6 Å². The van der Waals surface area contributed by atoms with Crippen molar-refractivity contribution in [3.63, 3.8) is 0 Å². The molecule has 0 aliphatic carbocycles. The van der Waals surface area contributed by atoms with E-state index >= 15 is 0 Å². The third-order valence-electron chi connectivity index (χ3n) is 4.00. The monoisotopic (exact) mass is 361 g/mol. The fraction of sp³-hybridized carbons (Fsp3) is 0.526. The number of hydrogen-bond donors (Lipinski definition) is 2. The van der Waals surface area contributed by atoms with Crippen molar-refractivity contribution in [3.05, 3.63) is 35.9 Å². The molecule has 26 heavy (non-hydrogen) atoms. The first-order chi connectivity index (χ1) is 12.2. The van der Waals surface area contributed by atoms with Crippen molar-refractivity contribution < 1.29 is 19.1 Å². The number of carbonyl (C=O) groups is 3. The molecule has 0 radical (unpaired) electrons. The Morgan fingerprint density at radius 1 is 1.27 bits per heavy atom. The van der Waals surface area contributed by atoms with E-state index in [9.17, 15) is 14.4 Å². The molecule has 1 aliphatic heterocycles. The van der Waals surface area contributed by atoms with Crippen molar-refractivity contribution in [1.82, 2.24) is 15.5 Å². The van der Waals surface area contributed by atoms with E-state index in [1.165, 1.54) is 0 Å². The molecule has 1 unspecified atom stereocenters. The van der Waals surface area contributed by atoms with E-state index in [0.29, 0.717) is 13.1 Å². The second kappa shape index (κ2) is 8.21. The molecule has 7 heteroatoms. The van der Waals surface area contributed by atoms with Gasteiger partial charge < -0.3 is 20.3 Å². The van der Waals surface area contributed by atoms with Crippen molar-refractivity contribution in [2.45, 2.75) is 51.8 Å². The minimum absolute atomic E-state index is 0.0955. The van der Waals surface area contributed by atoms with Crippen LogP contribution < -0.4 is 10.6 Å². The van der Waals surface area contributed by atoms with E-state index < -0.39 is 17.7 Å². The molecule has 1 aliphatic rings. The third-order valence-corrected chi connectivity index (χ3v) is 4.00. The van der Waals surface area contributed by atoms with Crippen molar-refractivity contribution >= 4 is 17.9 Å². The third kappa shape index (κ3) is 5.47. The minimum Gasteiger partial charge on any atom is -0.444 e. The van der Waals surface area contributed by atoms with Crippen LogP contribution in [-0.4, -0.2) is 47.5 Å². The lowest BCUT2D eigenvalue weighted by Gasteiger charge is -2.32. The molecule has 3 amide bonds. The summed E-state index contributed by atoms with van der Waals surface area (Å²) in [5.41, 5.74) is 0.251. The average molecular weight is 361 g/mol. The van der Waals surface area contributed by atoms with Crippen LogP contribution in [0.5, 0.6) is 0 Å². The van der Waals surface area contributed by atoms with Crippen molar-refractivity contribution in [3.8, 4) is 0 Å². The topological polar surface area (TPSA) is 87.7 Å². The zero-order valence-corrected chi connectivity index (χ0v) is 15.7. The lowest BCUT2D eigenvalue weighted by Crippen LogP contribution is -2.49. The molecular weight excluding hydrogens is 334 g/mol. The number of hydrogen-bond acceptors (Lipinski definition) is 4. The normalized spacial score (nSPS) is 19.2. The van der Waals surface area contributed by atoms with Gasteiger partial charge in [-0.1, -0.05) is 30.3 Å². The zero-order valence-electron chi connectivity index (χ0n) is 15.7. The van der Waals surface area contributed by atoms with Crippen molar-refractivity contribution in [1.29, 1.82) is 0 Å². The van der Waals surface area contributed by atoms with Crippen LogP contribution >= 0.6 is 0 Å². The molecule has 1 fully saturated rings. The summed E-state index contributed by atoms with van der Waals surface area (Å²) in [6.45, 7) is 7.66. The Labute approximate surface area is 154 Å². The van der Waals surface area contributed by atoms with E-state index in [2.05, 4.69) is 10.6 Å². The van der Waals surface area contributed by atoms with Gasteiger partial charge in [-0.15, -0.1) is 0 Å². The summed E-state index contributed by atoms with van der Waals surface area (Å²) in [6.07, 6.45) is -0.451. The standard InChI is InChI=1S/C19H27N3O4/c1-13(21-18(25)26-19(2,3)4)17(24)22-11-10-20-16(23)12-15(22)14-8-6-5-7-9-14/h5-9,13,15H,10-12H2,1-4H3,(H,20,23)(H,21,25)/t13-,15?/m0/s1. The molecule has 1 aromatic rings. The van der Waals surface area contributed by atoms with Gasteiger partial charge >= 0.3 is 6.09 Å². The largest absolute Gasteiger partial charge is 0.444 e. The van der Waals surface area contributed by atoms with Crippen LogP contribution in [0.4, 0.5) is 4.79 Å². The van der Waals surface area contributed by atoms with E-state index in [0.717, 1.165) is 5.56 Å². The molecule has 1 heterocycles. The summed E-state index contributed by atoms with van der Waals surface area (Å²) in [6, 6.07) is 8.31. The quantitative estimate of drug-likeness (QED) is 0.862.